The molecule has 28 heavy (non-hydrogen) atoms. The second kappa shape index (κ2) is 6.91. The lowest BCUT2D eigenvalue weighted by molar-refractivity contribution is 0.454. The van der Waals surface area contributed by atoms with Crippen LogP contribution in [0.1, 0.15) is 0 Å². The molecule has 1 heterocycles. The van der Waals surface area contributed by atoms with Gasteiger partial charge in [0.2, 0.25) is 0 Å². The molecular weight excluding hydrogens is 345 g/mol. The second-order valence-electron chi connectivity index (χ2n) is 6.67. The molecule has 0 aliphatic rings. The number of hydrogen-bond acceptors (Lipinski definition) is 2. The van der Waals surface area contributed by atoms with Crippen LogP contribution in [0.3, 0.4) is 0 Å². The van der Waals surface area contributed by atoms with E-state index in [1.165, 1.54) is 11.1 Å². The smallest absolute Gasteiger partial charge is 0.537 e. The number of benzene rings is 4. The molecule has 1 aromatic heterocycles. The Labute approximate surface area is 163 Å². The minimum atomic E-state index is 0.604. The number of hydrogen-bond donors (Lipinski definition) is 1. The molecule has 0 bridgehead atoms. The predicted molar refractivity (Wildman–Crippen MR) is 115 cm³/mol. The Balaban J connectivity index is 1.83. The normalized spacial score (nSPS) is 11.0. The fourth-order valence-electron chi connectivity index (χ4n) is 3.80. The van der Waals surface area contributed by atoms with E-state index in [9.17, 15) is 0 Å². The summed E-state index contributed by atoms with van der Waals surface area (Å²) in [6.45, 7) is 0. The topological polar surface area (TPSA) is 34.4 Å². The molecule has 0 atom stereocenters. The van der Waals surface area contributed by atoms with E-state index in [0.717, 1.165) is 27.5 Å². The van der Waals surface area contributed by atoms with Crippen molar-refractivity contribution in [2.75, 3.05) is 0 Å². The van der Waals surface area contributed by atoms with Crippen molar-refractivity contribution in [2.45, 2.75) is 0 Å². The summed E-state index contributed by atoms with van der Waals surface area (Å²) >= 11 is 0. The Kier molecular flexibility index (Phi) is 4.11. The average molecular weight is 362 g/mol. The molecule has 1 radical (unpaired) electrons. The van der Waals surface area contributed by atoms with Gasteiger partial charge in [0.25, 0.3) is 0 Å². The lowest BCUT2D eigenvalue weighted by Gasteiger charge is -2.08. The molecule has 0 unspecified atom stereocenters. The van der Waals surface area contributed by atoms with Crippen molar-refractivity contribution in [1.29, 1.82) is 0 Å². The highest BCUT2D eigenvalue weighted by molar-refractivity contribution is 6.17. The summed E-state index contributed by atoms with van der Waals surface area (Å²) in [5.41, 5.74) is 5.68. The summed E-state index contributed by atoms with van der Waals surface area (Å²) in [6, 6.07) is 33.1. The van der Waals surface area contributed by atoms with Gasteiger partial charge in [-0.1, -0.05) is 54.6 Å². The fraction of sp³-hybridized carbons (Fsp3) is 0. The summed E-state index contributed by atoms with van der Waals surface area (Å²) in [5.74, 6) is 0.604. The Bertz CT molecular complexity index is 1260. The summed E-state index contributed by atoms with van der Waals surface area (Å²) < 4.78 is 7.47. The summed E-state index contributed by atoms with van der Waals surface area (Å²) in [5, 5.41) is 11.3. The number of aromatic nitrogens is 1. The van der Waals surface area contributed by atoms with Crippen molar-refractivity contribution in [2.24, 2.45) is 0 Å². The van der Waals surface area contributed by atoms with Crippen molar-refractivity contribution in [3.05, 3.63) is 97.1 Å². The molecule has 5 rings (SSSR count). The molecule has 5 aromatic rings. The van der Waals surface area contributed by atoms with Crippen molar-refractivity contribution < 1.29 is 9.68 Å². The number of nitrogens with zero attached hydrogens (tertiary/aromatic N) is 1. The van der Waals surface area contributed by atoms with Crippen LogP contribution in [0.5, 0.6) is 5.75 Å². The molecule has 0 fully saturated rings. The summed E-state index contributed by atoms with van der Waals surface area (Å²) in [6.07, 6.45) is 0. The molecule has 4 aromatic carbocycles. The number of rotatable bonds is 4. The number of para-hydroxylation sites is 1. The molecule has 0 aliphatic carbocycles. The van der Waals surface area contributed by atoms with Gasteiger partial charge in [0.1, 0.15) is 5.75 Å². The van der Waals surface area contributed by atoms with Gasteiger partial charge in [0.15, 0.2) is 0 Å². The third kappa shape index (κ3) is 2.75. The van der Waals surface area contributed by atoms with Crippen LogP contribution < -0.4 is 4.65 Å². The molecular formula is C24H17BNO2. The molecule has 1 N–H and O–H groups in total. The van der Waals surface area contributed by atoms with Gasteiger partial charge in [-0.3, -0.25) is 0 Å². The van der Waals surface area contributed by atoms with E-state index in [0.29, 0.717) is 13.4 Å². The molecule has 0 amide bonds. The van der Waals surface area contributed by atoms with Crippen molar-refractivity contribution in [3.63, 3.8) is 0 Å². The average Bonchev–Trinajstić information content (AvgIpc) is 3.08. The first-order chi connectivity index (χ1) is 13.8. The zero-order valence-corrected chi connectivity index (χ0v) is 15.1. The Hall–Kier alpha value is -3.50. The lowest BCUT2D eigenvalue weighted by atomic mass is 10.0. The first kappa shape index (κ1) is 16.7. The van der Waals surface area contributed by atoms with Crippen molar-refractivity contribution in [1.82, 2.24) is 4.57 Å². The Morgan fingerprint density at radius 2 is 1.29 bits per heavy atom. The minimum Gasteiger partial charge on any atom is -0.537 e. The van der Waals surface area contributed by atoms with E-state index in [1.54, 1.807) is 0 Å². The quantitative estimate of drug-likeness (QED) is 0.437. The Morgan fingerprint density at radius 3 is 2.00 bits per heavy atom. The van der Waals surface area contributed by atoms with Crippen LogP contribution in [-0.2, 0) is 0 Å². The first-order valence-electron chi connectivity index (χ1n) is 9.17. The van der Waals surface area contributed by atoms with Gasteiger partial charge in [0, 0.05) is 16.5 Å². The molecule has 3 nitrogen and oxygen atoms in total. The lowest BCUT2D eigenvalue weighted by Crippen LogP contribution is -1.99. The maximum Gasteiger partial charge on any atom is 0.569 e. The highest BCUT2D eigenvalue weighted by atomic mass is 16.5. The van der Waals surface area contributed by atoms with Crippen LogP contribution in [0.25, 0.3) is 38.6 Å². The van der Waals surface area contributed by atoms with E-state index in [2.05, 4.69) is 59.2 Å². The molecule has 0 saturated carbocycles. The highest BCUT2D eigenvalue weighted by Crippen LogP contribution is 2.36. The van der Waals surface area contributed by atoms with Crippen LogP contribution in [0.2, 0.25) is 0 Å². The van der Waals surface area contributed by atoms with Gasteiger partial charge >= 0.3 is 7.69 Å². The van der Waals surface area contributed by atoms with E-state index in [1.807, 2.05) is 42.5 Å². The van der Waals surface area contributed by atoms with Crippen LogP contribution in [-0.4, -0.2) is 17.3 Å². The molecule has 0 spiro atoms. The predicted octanol–water partition coefficient (Wildman–Crippen LogP) is 5.36. The summed E-state index contributed by atoms with van der Waals surface area (Å²) in [7, 11) is 0.715. The van der Waals surface area contributed by atoms with E-state index >= 15 is 0 Å². The summed E-state index contributed by atoms with van der Waals surface area (Å²) in [4.78, 5) is 0. The fourth-order valence-corrected chi connectivity index (χ4v) is 3.80. The third-order valence-corrected chi connectivity index (χ3v) is 5.05. The van der Waals surface area contributed by atoms with E-state index in [4.69, 9.17) is 9.68 Å². The zero-order valence-electron chi connectivity index (χ0n) is 15.1. The second-order valence-corrected chi connectivity index (χ2v) is 6.67. The van der Waals surface area contributed by atoms with Gasteiger partial charge in [0.05, 0.1) is 11.0 Å². The Morgan fingerprint density at radius 1 is 0.643 bits per heavy atom. The first-order valence-corrected chi connectivity index (χ1v) is 9.17. The largest absolute Gasteiger partial charge is 0.569 e. The van der Waals surface area contributed by atoms with E-state index < -0.39 is 0 Å². The molecule has 0 aliphatic heterocycles. The molecule has 0 saturated heterocycles. The van der Waals surface area contributed by atoms with Crippen LogP contribution in [0.15, 0.2) is 97.1 Å². The molecule has 133 valence electrons. The molecule has 4 heteroatoms. The minimum absolute atomic E-state index is 0.604. The maximum atomic E-state index is 9.03. The number of fused-ring (bicyclic) bond motifs is 3. The van der Waals surface area contributed by atoms with Crippen molar-refractivity contribution in [3.8, 4) is 22.6 Å². The monoisotopic (exact) mass is 362 g/mol. The zero-order chi connectivity index (χ0) is 18.9. The SMILES string of the molecule is O[B]Oc1ccc2c(c1)c1cc(-c3ccccc3)ccc1n2-c1ccccc1. The van der Waals surface area contributed by atoms with Crippen LogP contribution >= 0.6 is 0 Å². The third-order valence-electron chi connectivity index (χ3n) is 5.05. The van der Waals surface area contributed by atoms with Gasteiger partial charge in [-0.2, -0.15) is 0 Å². The standard InChI is InChI=1S/C24H17BNO2/c27-25-28-20-12-14-24-22(16-20)21-15-18(17-7-3-1-4-8-17)11-13-23(21)26(24)19-9-5-2-6-10-19/h1-16,27H. The van der Waals surface area contributed by atoms with Gasteiger partial charge in [-0.25, -0.2) is 0 Å². The van der Waals surface area contributed by atoms with Gasteiger partial charge in [-0.15, -0.1) is 0 Å². The van der Waals surface area contributed by atoms with Gasteiger partial charge in [-0.05, 0) is 53.6 Å². The maximum absolute atomic E-state index is 9.03. The van der Waals surface area contributed by atoms with Gasteiger partial charge < -0.3 is 14.2 Å². The van der Waals surface area contributed by atoms with Crippen LogP contribution in [0.4, 0.5) is 0 Å². The van der Waals surface area contributed by atoms with Crippen molar-refractivity contribution >= 4 is 29.5 Å². The van der Waals surface area contributed by atoms with Crippen LogP contribution in [0, 0.1) is 0 Å². The highest BCUT2D eigenvalue weighted by Gasteiger charge is 2.14. The van der Waals surface area contributed by atoms with E-state index in [-0.39, 0.29) is 0 Å².